The molecule has 2 rings (SSSR count). The van der Waals surface area contributed by atoms with Gasteiger partial charge in [-0.25, -0.2) is 0 Å². The highest BCUT2D eigenvalue weighted by Crippen LogP contribution is 2.28. The fourth-order valence-corrected chi connectivity index (χ4v) is 2.45. The highest BCUT2D eigenvalue weighted by molar-refractivity contribution is 5.67. The van der Waals surface area contributed by atoms with Crippen molar-refractivity contribution in [1.29, 1.82) is 0 Å². The second kappa shape index (κ2) is 6.27. The zero-order valence-corrected chi connectivity index (χ0v) is 12.3. The first-order chi connectivity index (χ1) is 9.47. The van der Waals surface area contributed by atoms with Gasteiger partial charge in [0.2, 0.25) is 0 Å². The van der Waals surface area contributed by atoms with E-state index in [4.69, 9.17) is 9.84 Å². The number of piperidine rings is 1. The van der Waals surface area contributed by atoms with E-state index in [0.29, 0.717) is 6.42 Å². The smallest absolute Gasteiger partial charge is 0.303 e. The van der Waals surface area contributed by atoms with Gasteiger partial charge in [-0.1, -0.05) is 12.1 Å². The largest absolute Gasteiger partial charge is 0.487 e. The zero-order valence-electron chi connectivity index (χ0n) is 12.3. The average molecular weight is 277 g/mol. The van der Waals surface area contributed by atoms with E-state index in [-0.39, 0.29) is 12.0 Å². The van der Waals surface area contributed by atoms with Crippen LogP contribution in [0.4, 0.5) is 0 Å². The summed E-state index contributed by atoms with van der Waals surface area (Å²) >= 11 is 0. The van der Waals surface area contributed by atoms with Crippen molar-refractivity contribution in [3.63, 3.8) is 0 Å². The molecule has 1 aliphatic heterocycles. The van der Waals surface area contributed by atoms with Crippen LogP contribution in [0.5, 0.6) is 5.75 Å². The van der Waals surface area contributed by atoms with Crippen LogP contribution in [0.15, 0.2) is 24.3 Å². The Balaban J connectivity index is 1.91. The van der Waals surface area contributed by atoms with Gasteiger partial charge < -0.3 is 14.7 Å². The summed E-state index contributed by atoms with van der Waals surface area (Å²) in [6.07, 6.45) is 2.80. The third-order valence-electron chi connectivity index (χ3n) is 3.96. The summed E-state index contributed by atoms with van der Waals surface area (Å²) in [7, 11) is 2.14. The predicted molar refractivity (Wildman–Crippen MR) is 78.2 cm³/mol. The Kier molecular flexibility index (Phi) is 4.65. The zero-order chi connectivity index (χ0) is 14.6. The van der Waals surface area contributed by atoms with Gasteiger partial charge in [0, 0.05) is 19.5 Å². The van der Waals surface area contributed by atoms with E-state index >= 15 is 0 Å². The van der Waals surface area contributed by atoms with E-state index in [0.717, 1.165) is 37.2 Å². The Bertz CT molecular complexity index is 447. The van der Waals surface area contributed by atoms with Crippen molar-refractivity contribution >= 4 is 5.97 Å². The van der Waals surface area contributed by atoms with Gasteiger partial charge in [-0.2, -0.15) is 0 Å². The molecule has 4 heteroatoms. The van der Waals surface area contributed by atoms with Crippen LogP contribution in [0.25, 0.3) is 0 Å². The number of carboxylic acids is 1. The topological polar surface area (TPSA) is 49.8 Å². The molecule has 110 valence electrons. The van der Waals surface area contributed by atoms with Crippen molar-refractivity contribution < 1.29 is 14.6 Å². The predicted octanol–water partition coefficient (Wildman–Crippen LogP) is 2.57. The molecule has 0 unspecified atom stereocenters. The monoisotopic (exact) mass is 277 g/mol. The summed E-state index contributed by atoms with van der Waals surface area (Å²) in [6.45, 7) is 4.29. The molecule has 0 aromatic heterocycles. The maximum absolute atomic E-state index is 10.5. The Hall–Kier alpha value is -1.55. The summed E-state index contributed by atoms with van der Waals surface area (Å²) in [5.74, 6) is 0.111. The minimum atomic E-state index is -0.760. The molecule has 1 heterocycles. The first-order valence-corrected chi connectivity index (χ1v) is 7.15. The Morgan fingerprint density at radius 1 is 1.30 bits per heavy atom. The molecule has 0 spiro atoms. The van der Waals surface area contributed by atoms with Crippen LogP contribution in [0.3, 0.4) is 0 Å². The van der Waals surface area contributed by atoms with Crippen LogP contribution in [0, 0.1) is 0 Å². The SMILES string of the molecule is CN1CCC(C)(Oc2ccc(CCC(=O)O)cc2)CC1. The number of hydrogen-bond acceptors (Lipinski definition) is 3. The molecule has 0 atom stereocenters. The lowest BCUT2D eigenvalue weighted by atomic mass is 9.93. The maximum atomic E-state index is 10.5. The van der Waals surface area contributed by atoms with Gasteiger partial charge in [0.15, 0.2) is 0 Å². The van der Waals surface area contributed by atoms with Crippen molar-refractivity contribution in [3.8, 4) is 5.75 Å². The van der Waals surface area contributed by atoms with E-state index in [9.17, 15) is 4.79 Å². The maximum Gasteiger partial charge on any atom is 0.303 e. The quantitative estimate of drug-likeness (QED) is 0.898. The molecular weight excluding hydrogens is 254 g/mol. The van der Waals surface area contributed by atoms with Gasteiger partial charge in [0.1, 0.15) is 11.4 Å². The van der Waals surface area contributed by atoms with Gasteiger partial charge >= 0.3 is 5.97 Å². The lowest BCUT2D eigenvalue weighted by Gasteiger charge is -2.38. The van der Waals surface area contributed by atoms with Crippen LogP contribution < -0.4 is 4.74 Å². The van der Waals surface area contributed by atoms with Gasteiger partial charge in [0.05, 0.1) is 0 Å². The Labute approximate surface area is 120 Å². The lowest BCUT2D eigenvalue weighted by molar-refractivity contribution is -0.136. The molecular formula is C16H23NO3. The normalized spacial score (nSPS) is 18.7. The first-order valence-electron chi connectivity index (χ1n) is 7.15. The number of nitrogens with zero attached hydrogens (tertiary/aromatic N) is 1. The molecule has 20 heavy (non-hydrogen) atoms. The highest BCUT2D eigenvalue weighted by Gasteiger charge is 2.30. The third-order valence-corrected chi connectivity index (χ3v) is 3.96. The molecule has 1 aromatic carbocycles. The number of ether oxygens (including phenoxy) is 1. The second-order valence-electron chi connectivity index (χ2n) is 5.89. The Morgan fingerprint density at radius 2 is 1.90 bits per heavy atom. The number of aryl methyl sites for hydroxylation is 1. The first kappa shape index (κ1) is 14.9. The van der Waals surface area contributed by atoms with Crippen molar-refractivity contribution in [2.75, 3.05) is 20.1 Å². The van der Waals surface area contributed by atoms with Gasteiger partial charge in [-0.15, -0.1) is 0 Å². The van der Waals surface area contributed by atoms with Crippen LogP contribution in [-0.2, 0) is 11.2 Å². The van der Waals surface area contributed by atoms with Crippen molar-refractivity contribution in [3.05, 3.63) is 29.8 Å². The van der Waals surface area contributed by atoms with E-state index in [1.54, 1.807) is 0 Å². The molecule has 1 aliphatic rings. The number of benzene rings is 1. The van der Waals surface area contributed by atoms with E-state index in [1.807, 2.05) is 24.3 Å². The second-order valence-corrected chi connectivity index (χ2v) is 5.89. The number of carbonyl (C=O) groups is 1. The molecule has 1 N–H and O–H groups in total. The summed E-state index contributed by atoms with van der Waals surface area (Å²) in [6, 6.07) is 7.80. The summed E-state index contributed by atoms with van der Waals surface area (Å²) in [4.78, 5) is 12.9. The van der Waals surface area contributed by atoms with E-state index in [2.05, 4.69) is 18.9 Å². The van der Waals surface area contributed by atoms with Gasteiger partial charge in [-0.05, 0) is 50.9 Å². The highest BCUT2D eigenvalue weighted by atomic mass is 16.5. The van der Waals surface area contributed by atoms with E-state index < -0.39 is 5.97 Å². The average Bonchev–Trinajstić information content (AvgIpc) is 2.42. The molecule has 1 aromatic rings. The van der Waals surface area contributed by atoms with Crippen molar-refractivity contribution in [2.45, 2.75) is 38.2 Å². The molecule has 0 saturated carbocycles. The standard InChI is InChI=1S/C16H23NO3/c1-16(9-11-17(2)12-10-16)20-14-6-3-13(4-7-14)5-8-15(18)19/h3-4,6-7H,5,8-12H2,1-2H3,(H,18,19). The third kappa shape index (κ3) is 4.23. The molecule has 0 radical (unpaired) electrons. The fourth-order valence-electron chi connectivity index (χ4n) is 2.45. The number of rotatable bonds is 5. The van der Waals surface area contributed by atoms with Crippen molar-refractivity contribution in [1.82, 2.24) is 4.90 Å². The van der Waals surface area contributed by atoms with Gasteiger partial charge in [-0.3, -0.25) is 4.79 Å². The summed E-state index contributed by atoms with van der Waals surface area (Å²) in [5.41, 5.74) is 0.947. The number of hydrogen-bond donors (Lipinski definition) is 1. The number of aliphatic carboxylic acids is 1. The lowest BCUT2D eigenvalue weighted by Crippen LogP contribution is -2.44. The van der Waals surface area contributed by atoms with Crippen LogP contribution >= 0.6 is 0 Å². The minimum Gasteiger partial charge on any atom is -0.487 e. The molecule has 4 nitrogen and oxygen atoms in total. The Morgan fingerprint density at radius 3 is 2.45 bits per heavy atom. The molecule has 0 bridgehead atoms. The van der Waals surface area contributed by atoms with Crippen LogP contribution in [0.2, 0.25) is 0 Å². The molecule has 0 aliphatic carbocycles. The van der Waals surface area contributed by atoms with Crippen molar-refractivity contribution in [2.24, 2.45) is 0 Å². The molecule has 1 saturated heterocycles. The summed E-state index contributed by atoms with van der Waals surface area (Å²) < 4.78 is 6.13. The van der Waals surface area contributed by atoms with Crippen LogP contribution in [0.1, 0.15) is 31.7 Å². The fraction of sp³-hybridized carbons (Fsp3) is 0.562. The number of likely N-dealkylation sites (tertiary alicyclic amines) is 1. The van der Waals surface area contributed by atoms with Crippen LogP contribution in [-0.4, -0.2) is 41.7 Å². The summed E-state index contributed by atoms with van der Waals surface area (Å²) in [5, 5.41) is 8.67. The number of carboxylic acid groups (broad SMARTS) is 1. The van der Waals surface area contributed by atoms with Gasteiger partial charge in [0.25, 0.3) is 0 Å². The molecule has 0 amide bonds. The van der Waals surface area contributed by atoms with E-state index in [1.165, 1.54) is 0 Å². The minimum absolute atomic E-state index is 0.0882. The molecule has 1 fully saturated rings.